The number of nitrogens with one attached hydrogen (secondary N) is 1. The molecule has 7 heteroatoms. The van der Waals surface area contributed by atoms with E-state index in [1.54, 1.807) is 18.4 Å². The van der Waals surface area contributed by atoms with Gasteiger partial charge in [-0.3, -0.25) is 0 Å². The van der Waals surface area contributed by atoms with Crippen molar-refractivity contribution >= 4 is 11.3 Å². The molecule has 0 saturated heterocycles. The summed E-state index contributed by atoms with van der Waals surface area (Å²) in [7, 11) is 1.79. The Morgan fingerprint density at radius 1 is 1.42 bits per heavy atom. The summed E-state index contributed by atoms with van der Waals surface area (Å²) in [4.78, 5) is 6.02. The molecule has 0 radical (unpaired) electrons. The van der Waals surface area contributed by atoms with Gasteiger partial charge in [-0.15, -0.1) is 21.5 Å². The van der Waals surface area contributed by atoms with E-state index in [0.29, 0.717) is 6.04 Å². The lowest BCUT2D eigenvalue weighted by Crippen LogP contribution is -2.34. The Kier molecular flexibility index (Phi) is 4.98. The van der Waals surface area contributed by atoms with E-state index < -0.39 is 0 Å². The molecule has 2 rings (SSSR count). The van der Waals surface area contributed by atoms with Crippen molar-refractivity contribution in [2.45, 2.75) is 39.2 Å². The van der Waals surface area contributed by atoms with Crippen LogP contribution in [-0.4, -0.2) is 37.8 Å². The molecule has 0 spiro atoms. The predicted octanol–water partition coefficient (Wildman–Crippen LogP) is 1.13. The largest absolute Gasteiger partial charge is 0.313 e. The van der Waals surface area contributed by atoms with E-state index >= 15 is 0 Å². The third-order valence-corrected chi connectivity index (χ3v) is 3.74. The van der Waals surface area contributed by atoms with Gasteiger partial charge in [-0.25, -0.2) is 4.98 Å². The van der Waals surface area contributed by atoms with Gasteiger partial charge >= 0.3 is 0 Å². The van der Waals surface area contributed by atoms with Crippen molar-refractivity contribution in [2.75, 3.05) is 6.54 Å². The second-order valence-corrected chi connectivity index (χ2v) is 5.58. The SMILES string of the molecule is CCCNC(Cc1nnn(C)n1)Cc1nc(C)cs1. The summed E-state index contributed by atoms with van der Waals surface area (Å²) < 4.78 is 0. The van der Waals surface area contributed by atoms with Gasteiger partial charge in [0.05, 0.1) is 12.1 Å². The molecule has 1 atom stereocenters. The Hall–Kier alpha value is -1.34. The number of hydrogen-bond donors (Lipinski definition) is 1. The fraction of sp³-hybridized carbons (Fsp3) is 0.667. The van der Waals surface area contributed by atoms with Gasteiger partial charge < -0.3 is 5.32 Å². The number of rotatable bonds is 7. The number of tetrazole rings is 1. The maximum Gasteiger partial charge on any atom is 0.176 e. The minimum Gasteiger partial charge on any atom is -0.313 e. The Balaban J connectivity index is 1.98. The van der Waals surface area contributed by atoms with Crippen LogP contribution < -0.4 is 5.32 Å². The van der Waals surface area contributed by atoms with Gasteiger partial charge in [0.25, 0.3) is 0 Å². The van der Waals surface area contributed by atoms with Crippen LogP contribution in [0.15, 0.2) is 5.38 Å². The predicted molar refractivity (Wildman–Crippen MR) is 75.1 cm³/mol. The summed E-state index contributed by atoms with van der Waals surface area (Å²) in [6.07, 6.45) is 2.81. The molecule has 0 fully saturated rings. The van der Waals surface area contributed by atoms with Gasteiger partial charge in [0, 0.05) is 30.0 Å². The van der Waals surface area contributed by atoms with Gasteiger partial charge in [0.2, 0.25) is 0 Å². The van der Waals surface area contributed by atoms with Crippen LogP contribution in [0.2, 0.25) is 0 Å². The molecule has 6 nitrogen and oxygen atoms in total. The standard InChI is InChI=1S/C12H20N6S/c1-4-5-13-10(6-11-15-17-18(3)16-11)7-12-14-9(2)8-19-12/h8,10,13H,4-7H2,1-3H3. The molecular formula is C12H20N6S. The highest BCUT2D eigenvalue weighted by atomic mass is 32.1. The number of thiazole rings is 1. The summed E-state index contributed by atoms with van der Waals surface area (Å²) in [6, 6.07) is 0.315. The van der Waals surface area contributed by atoms with Crippen molar-refractivity contribution in [3.05, 3.63) is 21.9 Å². The average Bonchev–Trinajstić information content (AvgIpc) is 2.95. The second-order valence-electron chi connectivity index (χ2n) is 4.64. The molecule has 0 aliphatic carbocycles. The van der Waals surface area contributed by atoms with Crippen LogP contribution in [0.1, 0.15) is 29.9 Å². The first-order chi connectivity index (χ1) is 9.17. The normalized spacial score (nSPS) is 12.8. The molecule has 0 aromatic carbocycles. The number of aromatic nitrogens is 5. The molecule has 0 aliphatic rings. The van der Waals surface area contributed by atoms with Crippen molar-refractivity contribution in [1.82, 2.24) is 30.5 Å². The zero-order valence-electron chi connectivity index (χ0n) is 11.6. The molecule has 104 valence electrons. The lowest BCUT2D eigenvalue weighted by molar-refractivity contribution is 0.493. The van der Waals surface area contributed by atoms with E-state index in [1.807, 2.05) is 6.92 Å². The van der Waals surface area contributed by atoms with Crippen molar-refractivity contribution < 1.29 is 0 Å². The zero-order chi connectivity index (χ0) is 13.7. The van der Waals surface area contributed by atoms with Crippen molar-refractivity contribution in [3.8, 4) is 0 Å². The first-order valence-corrected chi connectivity index (χ1v) is 7.42. The Labute approximate surface area is 117 Å². The molecule has 2 aromatic heterocycles. The molecule has 0 aliphatic heterocycles. The topological polar surface area (TPSA) is 68.5 Å². The summed E-state index contributed by atoms with van der Waals surface area (Å²) in [5.74, 6) is 0.782. The van der Waals surface area contributed by atoms with Crippen molar-refractivity contribution in [2.24, 2.45) is 7.05 Å². The lowest BCUT2D eigenvalue weighted by atomic mass is 10.1. The van der Waals surface area contributed by atoms with E-state index in [1.165, 1.54) is 4.80 Å². The molecule has 1 N–H and O–H groups in total. The fourth-order valence-corrected chi connectivity index (χ4v) is 2.75. The minimum atomic E-state index is 0.315. The lowest BCUT2D eigenvalue weighted by Gasteiger charge is -2.15. The average molecular weight is 280 g/mol. The molecule has 1 unspecified atom stereocenters. The first-order valence-electron chi connectivity index (χ1n) is 6.54. The smallest absolute Gasteiger partial charge is 0.176 e. The second kappa shape index (κ2) is 6.72. The minimum absolute atomic E-state index is 0.315. The van der Waals surface area contributed by atoms with E-state index in [-0.39, 0.29) is 0 Å². The third kappa shape index (κ3) is 4.36. The van der Waals surface area contributed by atoms with Crippen LogP contribution in [-0.2, 0) is 19.9 Å². The maximum absolute atomic E-state index is 4.52. The van der Waals surface area contributed by atoms with Crippen LogP contribution in [0.4, 0.5) is 0 Å². The van der Waals surface area contributed by atoms with Crippen molar-refractivity contribution in [1.29, 1.82) is 0 Å². The summed E-state index contributed by atoms with van der Waals surface area (Å²) >= 11 is 1.71. The van der Waals surface area contributed by atoms with Gasteiger partial charge in [-0.05, 0) is 25.1 Å². The highest BCUT2D eigenvalue weighted by Crippen LogP contribution is 2.12. The van der Waals surface area contributed by atoms with E-state index in [0.717, 1.165) is 42.3 Å². The van der Waals surface area contributed by atoms with Gasteiger partial charge in [-0.2, -0.15) is 4.80 Å². The Morgan fingerprint density at radius 2 is 2.26 bits per heavy atom. The van der Waals surface area contributed by atoms with Gasteiger partial charge in [0.1, 0.15) is 0 Å². The fourth-order valence-electron chi connectivity index (χ4n) is 1.90. The molecule has 2 aromatic rings. The third-order valence-electron chi connectivity index (χ3n) is 2.75. The Morgan fingerprint density at radius 3 is 2.84 bits per heavy atom. The zero-order valence-corrected chi connectivity index (χ0v) is 12.4. The van der Waals surface area contributed by atoms with Crippen LogP contribution in [0.25, 0.3) is 0 Å². The van der Waals surface area contributed by atoms with E-state index in [9.17, 15) is 0 Å². The molecule has 0 amide bonds. The number of nitrogens with zero attached hydrogens (tertiary/aromatic N) is 5. The van der Waals surface area contributed by atoms with Gasteiger partial charge in [0.15, 0.2) is 5.82 Å². The van der Waals surface area contributed by atoms with E-state index in [2.05, 4.69) is 38.0 Å². The maximum atomic E-state index is 4.52. The first kappa shape index (κ1) is 14.1. The molecular weight excluding hydrogens is 260 g/mol. The van der Waals surface area contributed by atoms with Crippen LogP contribution >= 0.6 is 11.3 Å². The molecule has 0 bridgehead atoms. The highest BCUT2D eigenvalue weighted by Gasteiger charge is 2.14. The summed E-state index contributed by atoms with van der Waals surface area (Å²) in [6.45, 7) is 5.19. The monoisotopic (exact) mass is 280 g/mol. The van der Waals surface area contributed by atoms with Crippen LogP contribution in [0, 0.1) is 6.92 Å². The molecule has 0 saturated carbocycles. The van der Waals surface area contributed by atoms with Crippen LogP contribution in [0.5, 0.6) is 0 Å². The van der Waals surface area contributed by atoms with Gasteiger partial charge in [-0.1, -0.05) is 6.92 Å². The van der Waals surface area contributed by atoms with E-state index in [4.69, 9.17) is 0 Å². The quantitative estimate of drug-likeness (QED) is 0.823. The van der Waals surface area contributed by atoms with Crippen molar-refractivity contribution in [3.63, 3.8) is 0 Å². The van der Waals surface area contributed by atoms with Crippen LogP contribution in [0.3, 0.4) is 0 Å². The highest BCUT2D eigenvalue weighted by molar-refractivity contribution is 7.09. The Bertz CT molecular complexity index is 464. The summed E-state index contributed by atoms with van der Waals surface area (Å²) in [5, 5.41) is 19.0. The summed E-state index contributed by atoms with van der Waals surface area (Å²) in [5.41, 5.74) is 1.09. The number of aryl methyl sites for hydroxylation is 2. The number of hydrogen-bond acceptors (Lipinski definition) is 6. The molecule has 19 heavy (non-hydrogen) atoms. The molecule has 2 heterocycles.